The van der Waals surface area contributed by atoms with Gasteiger partial charge in [-0.3, -0.25) is 4.79 Å². The molecular weight excluding hydrogens is 353 g/mol. The monoisotopic (exact) mass is 368 g/mol. The van der Waals surface area contributed by atoms with E-state index in [-0.39, 0.29) is 35.4 Å². The fourth-order valence-corrected chi connectivity index (χ4v) is 2.43. The first-order valence-electron chi connectivity index (χ1n) is 7.61. The van der Waals surface area contributed by atoms with Crippen LogP contribution in [0.4, 0.5) is 13.2 Å². The summed E-state index contributed by atoms with van der Waals surface area (Å²) in [6, 6.07) is 4.73. The van der Waals surface area contributed by atoms with E-state index in [0.717, 1.165) is 6.07 Å². The van der Waals surface area contributed by atoms with Crippen LogP contribution in [0.15, 0.2) is 34.9 Å². The SMILES string of the molecule is COC[C@@H](C)NC(=O)c1cc2nc(-c3ccco3)cc(C(F)(F)F)n2n1. The maximum atomic E-state index is 13.4. The Morgan fingerprint density at radius 2 is 2.19 bits per heavy atom. The third-order valence-corrected chi connectivity index (χ3v) is 3.52. The molecule has 0 bridgehead atoms. The van der Waals surface area contributed by atoms with Gasteiger partial charge < -0.3 is 14.5 Å². The fraction of sp³-hybridized carbons (Fsp3) is 0.312. The van der Waals surface area contributed by atoms with Crippen molar-refractivity contribution in [1.82, 2.24) is 19.9 Å². The van der Waals surface area contributed by atoms with Gasteiger partial charge in [0, 0.05) is 19.2 Å². The first kappa shape index (κ1) is 17.9. The van der Waals surface area contributed by atoms with E-state index in [0.29, 0.717) is 4.52 Å². The minimum absolute atomic E-state index is 0.00515. The van der Waals surface area contributed by atoms with Crippen molar-refractivity contribution in [3.05, 3.63) is 41.9 Å². The van der Waals surface area contributed by atoms with Gasteiger partial charge in [-0.2, -0.15) is 18.3 Å². The van der Waals surface area contributed by atoms with E-state index in [2.05, 4.69) is 15.4 Å². The van der Waals surface area contributed by atoms with E-state index in [1.165, 1.54) is 25.5 Å². The van der Waals surface area contributed by atoms with Gasteiger partial charge in [-0.05, 0) is 25.1 Å². The van der Waals surface area contributed by atoms with E-state index in [1.54, 1.807) is 13.0 Å². The summed E-state index contributed by atoms with van der Waals surface area (Å²) in [5, 5.41) is 6.36. The Morgan fingerprint density at radius 3 is 2.81 bits per heavy atom. The third kappa shape index (κ3) is 3.54. The zero-order chi connectivity index (χ0) is 18.9. The number of methoxy groups -OCH3 is 1. The van der Waals surface area contributed by atoms with Crippen molar-refractivity contribution >= 4 is 11.6 Å². The van der Waals surface area contributed by atoms with Crippen LogP contribution in [0.25, 0.3) is 17.1 Å². The number of fused-ring (bicyclic) bond motifs is 1. The van der Waals surface area contributed by atoms with Gasteiger partial charge in [0.15, 0.2) is 22.8 Å². The normalized spacial score (nSPS) is 13.1. The molecule has 3 rings (SSSR count). The molecule has 0 unspecified atom stereocenters. The van der Waals surface area contributed by atoms with Crippen LogP contribution >= 0.6 is 0 Å². The molecule has 0 aliphatic rings. The molecule has 3 aromatic heterocycles. The lowest BCUT2D eigenvalue weighted by molar-refractivity contribution is -0.142. The highest BCUT2D eigenvalue weighted by molar-refractivity contribution is 5.93. The molecule has 1 N–H and O–H groups in total. The van der Waals surface area contributed by atoms with Crippen molar-refractivity contribution in [2.45, 2.75) is 19.1 Å². The second-order valence-corrected chi connectivity index (χ2v) is 5.63. The number of alkyl halides is 3. The van der Waals surface area contributed by atoms with Crippen molar-refractivity contribution in [3.8, 4) is 11.5 Å². The van der Waals surface area contributed by atoms with Crippen LogP contribution < -0.4 is 5.32 Å². The van der Waals surface area contributed by atoms with Crippen molar-refractivity contribution < 1.29 is 27.1 Å². The van der Waals surface area contributed by atoms with Crippen LogP contribution in [0, 0.1) is 0 Å². The molecule has 10 heteroatoms. The number of halogens is 3. The van der Waals surface area contributed by atoms with E-state index in [9.17, 15) is 18.0 Å². The smallest absolute Gasteiger partial charge is 0.433 e. The van der Waals surface area contributed by atoms with Gasteiger partial charge in [0.05, 0.1) is 12.9 Å². The molecule has 0 fully saturated rings. The maximum Gasteiger partial charge on any atom is 0.433 e. The summed E-state index contributed by atoms with van der Waals surface area (Å²) in [5.74, 6) is -0.438. The molecule has 0 saturated carbocycles. The summed E-state index contributed by atoms with van der Waals surface area (Å²) in [6.45, 7) is 1.96. The zero-order valence-corrected chi connectivity index (χ0v) is 13.9. The minimum atomic E-state index is -4.69. The lowest BCUT2D eigenvalue weighted by atomic mass is 10.2. The number of aromatic nitrogens is 3. The van der Waals surface area contributed by atoms with Gasteiger partial charge in [-0.1, -0.05) is 0 Å². The Hall–Kier alpha value is -2.88. The summed E-state index contributed by atoms with van der Waals surface area (Å²) in [6.07, 6.45) is -3.35. The van der Waals surface area contributed by atoms with Crippen LogP contribution in [0.1, 0.15) is 23.1 Å². The maximum absolute atomic E-state index is 13.4. The number of rotatable bonds is 5. The number of hydrogen-bond acceptors (Lipinski definition) is 5. The summed E-state index contributed by atoms with van der Waals surface area (Å²) in [4.78, 5) is 16.3. The molecule has 0 spiro atoms. The Labute approximate surface area is 145 Å². The number of ether oxygens (including phenoxy) is 1. The van der Waals surface area contributed by atoms with E-state index in [4.69, 9.17) is 9.15 Å². The molecule has 1 amide bonds. The lowest BCUT2D eigenvalue weighted by Gasteiger charge is -2.11. The molecule has 0 aliphatic heterocycles. The molecule has 0 aliphatic carbocycles. The highest BCUT2D eigenvalue weighted by Gasteiger charge is 2.36. The van der Waals surface area contributed by atoms with Crippen molar-refractivity contribution in [2.24, 2.45) is 0 Å². The van der Waals surface area contributed by atoms with E-state index < -0.39 is 17.8 Å². The predicted octanol–water partition coefficient (Wildman–Crippen LogP) is 2.77. The Bertz CT molecular complexity index is 919. The van der Waals surface area contributed by atoms with Crippen molar-refractivity contribution in [1.29, 1.82) is 0 Å². The van der Waals surface area contributed by atoms with Gasteiger partial charge in [-0.25, -0.2) is 9.50 Å². The standard InChI is InChI=1S/C16H15F3N4O3/c1-9(8-25-2)20-15(24)11-7-14-21-10(12-4-3-5-26-12)6-13(16(17,18)19)23(14)22-11/h3-7,9H,8H2,1-2H3,(H,20,24)/t9-/m1/s1. The number of carbonyl (C=O) groups is 1. The largest absolute Gasteiger partial charge is 0.463 e. The van der Waals surface area contributed by atoms with E-state index >= 15 is 0 Å². The van der Waals surface area contributed by atoms with Crippen LogP contribution in [0.5, 0.6) is 0 Å². The lowest BCUT2D eigenvalue weighted by Crippen LogP contribution is -2.35. The second kappa shape index (κ2) is 6.79. The fourth-order valence-electron chi connectivity index (χ4n) is 2.43. The van der Waals surface area contributed by atoms with Crippen LogP contribution in [-0.2, 0) is 10.9 Å². The van der Waals surface area contributed by atoms with Crippen molar-refractivity contribution in [3.63, 3.8) is 0 Å². The van der Waals surface area contributed by atoms with Crippen LogP contribution in [0.3, 0.4) is 0 Å². The third-order valence-electron chi connectivity index (χ3n) is 3.52. The summed E-state index contributed by atoms with van der Waals surface area (Å²) in [7, 11) is 1.48. The summed E-state index contributed by atoms with van der Waals surface area (Å²) < 4.78 is 50.9. The van der Waals surface area contributed by atoms with Crippen molar-refractivity contribution in [2.75, 3.05) is 13.7 Å². The number of nitrogens with one attached hydrogen (secondary N) is 1. The Kier molecular flexibility index (Phi) is 4.68. The molecular formula is C16H15F3N4O3. The number of carbonyl (C=O) groups excluding carboxylic acids is 1. The zero-order valence-electron chi connectivity index (χ0n) is 13.9. The molecule has 7 nitrogen and oxygen atoms in total. The average Bonchev–Trinajstić information content (AvgIpc) is 3.22. The highest BCUT2D eigenvalue weighted by Crippen LogP contribution is 2.32. The summed E-state index contributed by atoms with van der Waals surface area (Å²) >= 11 is 0. The van der Waals surface area contributed by atoms with Crippen LogP contribution in [0.2, 0.25) is 0 Å². The van der Waals surface area contributed by atoms with Gasteiger partial charge in [-0.15, -0.1) is 0 Å². The Morgan fingerprint density at radius 1 is 1.42 bits per heavy atom. The van der Waals surface area contributed by atoms with E-state index in [1.807, 2.05) is 0 Å². The topological polar surface area (TPSA) is 81.7 Å². The average molecular weight is 368 g/mol. The molecule has 1 atom stereocenters. The quantitative estimate of drug-likeness (QED) is 0.749. The van der Waals surface area contributed by atoms with Gasteiger partial charge in [0.25, 0.3) is 5.91 Å². The molecule has 138 valence electrons. The first-order valence-corrected chi connectivity index (χ1v) is 7.61. The molecule has 0 aromatic carbocycles. The second-order valence-electron chi connectivity index (χ2n) is 5.63. The number of nitrogens with zero attached hydrogens (tertiary/aromatic N) is 3. The predicted molar refractivity (Wildman–Crippen MR) is 84.5 cm³/mol. The number of hydrogen-bond donors (Lipinski definition) is 1. The molecule has 0 radical (unpaired) electrons. The van der Waals surface area contributed by atoms with Gasteiger partial charge in [0.1, 0.15) is 5.69 Å². The van der Waals surface area contributed by atoms with Crippen LogP contribution in [-0.4, -0.2) is 40.3 Å². The molecule has 26 heavy (non-hydrogen) atoms. The highest BCUT2D eigenvalue weighted by atomic mass is 19.4. The molecule has 3 aromatic rings. The Balaban J connectivity index is 2.06. The minimum Gasteiger partial charge on any atom is -0.463 e. The number of furan rings is 1. The molecule has 3 heterocycles. The number of amides is 1. The van der Waals surface area contributed by atoms with Gasteiger partial charge >= 0.3 is 6.18 Å². The molecule has 0 saturated heterocycles. The van der Waals surface area contributed by atoms with Gasteiger partial charge in [0.2, 0.25) is 0 Å². The summed E-state index contributed by atoms with van der Waals surface area (Å²) in [5.41, 5.74) is -1.36. The first-order chi connectivity index (χ1) is 12.3.